The van der Waals surface area contributed by atoms with Crippen molar-refractivity contribution in [1.29, 1.82) is 0 Å². The molecule has 0 spiro atoms. The lowest BCUT2D eigenvalue weighted by atomic mass is 10.2. The first kappa shape index (κ1) is 18.2. The molecule has 4 heteroatoms. The van der Waals surface area contributed by atoms with Gasteiger partial charge in [0.05, 0.1) is 5.69 Å². The van der Waals surface area contributed by atoms with E-state index in [0.717, 1.165) is 5.69 Å². The topological polar surface area (TPSA) is 22.1 Å². The van der Waals surface area contributed by atoms with Crippen molar-refractivity contribution < 1.29 is 4.43 Å². The second kappa shape index (κ2) is 6.47. The van der Waals surface area contributed by atoms with Crippen LogP contribution in [0.4, 0.5) is 0 Å². The molecule has 0 aromatic carbocycles. The molecule has 1 aromatic heterocycles. The molecule has 116 valence electrons. The van der Waals surface area contributed by atoms with E-state index in [4.69, 9.17) is 4.43 Å². The number of hydrogen-bond acceptors (Lipinski definition) is 2. The van der Waals surface area contributed by atoms with E-state index >= 15 is 0 Å². The quantitative estimate of drug-likeness (QED) is 0.576. The van der Waals surface area contributed by atoms with Crippen molar-refractivity contribution in [2.24, 2.45) is 0 Å². The molecule has 0 N–H and O–H groups in total. The molecule has 1 rings (SSSR count). The highest BCUT2D eigenvalue weighted by Crippen LogP contribution is 2.39. The minimum absolute atomic E-state index is 0.168. The Morgan fingerprint density at radius 2 is 1.71 bits per heavy atom. The molecule has 0 saturated carbocycles. The second-order valence-electron chi connectivity index (χ2n) is 8.03. The van der Waals surface area contributed by atoms with Gasteiger partial charge in [0.25, 0.3) is 0 Å². The maximum atomic E-state index is 6.51. The average Bonchev–Trinajstić information content (AvgIpc) is 2.33. The van der Waals surface area contributed by atoms with Crippen LogP contribution >= 0.6 is 0 Å². The molecule has 1 atom stereocenters. The van der Waals surface area contributed by atoms with Crippen LogP contribution in [0.2, 0.25) is 37.8 Å². The Hall–Kier alpha value is -0.896. The van der Waals surface area contributed by atoms with E-state index in [1.165, 1.54) is 0 Å². The maximum Gasteiger partial charge on any atom is 0.194 e. The first-order valence-corrected chi connectivity index (χ1v) is 13.9. The molecule has 1 heterocycles. The van der Waals surface area contributed by atoms with Crippen molar-refractivity contribution in [3.63, 3.8) is 0 Å². The Labute approximate surface area is 132 Å². The Balaban J connectivity index is 3.12. The summed E-state index contributed by atoms with van der Waals surface area (Å²) in [5, 5.41) is 0.168. The molecule has 0 saturated heterocycles. The minimum atomic E-state index is -1.87. The van der Waals surface area contributed by atoms with E-state index in [1.54, 1.807) is 0 Å². The summed E-state index contributed by atoms with van der Waals surface area (Å²) in [6.45, 7) is 18.0. The number of hydrogen-bond donors (Lipinski definition) is 0. The molecule has 1 aromatic rings. The smallest absolute Gasteiger partial charge is 0.194 e. The lowest BCUT2D eigenvalue weighted by Gasteiger charge is -2.38. The molecule has 21 heavy (non-hydrogen) atoms. The van der Waals surface area contributed by atoms with Crippen LogP contribution in [-0.4, -0.2) is 21.4 Å². The standard InChI is InChI=1S/C17H29NOSi2/c1-17(2,3)21(7,8)19-16(12-14-20(4,5)6)15-11-9-10-13-18-15/h9-11,13,16H,1-8H3. The zero-order valence-corrected chi connectivity index (χ0v) is 16.7. The average molecular weight is 320 g/mol. The van der Waals surface area contributed by atoms with Gasteiger partial charge in [-0.15, -0.1) is 5.54 Å². The van der Waals surface area contributed by atoms with Gasteiger partial charge in [-0.25, -0.2) is 0 Å². The van der Waals surface area contributed by atoms with Gasteiger partial charge in [-0.1, -0.05) is 52.4 Å². The van der Waals surface area contributed by atoms with Gasteiger partial charge >= 0.3 is 0 Å². The van der Waals surface area contributed by atoms with Crippen LogP contribution < -0.4 is 0 Å². The van der Waals surface area contributed by atoms with Crippen LogP contribution in [0.1, 0.15) is 32.6 Å². The zero-order valence-electron chi connectivity index (χ0n) is 14.7. The van der Waals surface area contributed by atoms with Crippen LogP contribution in [0.3, 0.4) is 0 Å². The van der Waals surface area contributed by atoms with Gasteiger partial charge in [0, 0.05) is 6.20 Å². The third-order valence-electron chi connectivity index (χ3n) is 3.75. The Morgan fingerprint density at radius 3 is 2.14 bits per heavy atom. The fourth-order valence-corrected chi connectivity index (χ4v) is 3.13. The number of nitrogens with zero attached hydrogens (tertiary/aromatic N) is 1. The first-order valence-electron chi connectivity index (χ1n) is 7.54. The Bertz CT molecular complexity index is 516. The molecule has 0 aliphatic rings. The normalized spacial score (nSPS) is 14.3. The van der Waals surface area contributed by atoms with E-state index in [-0.39, 0.29) is 11.1 Å². The molecule has 0 aliphatic carbocycles. The Morgan fingerprint density at radius 1 is 1.10 bits per heavy atom. The molecule has 0 aliphatic heterocycles. The van der Waals surface area contributed by atoms with Crippen molar-refractivity contribution in [3.8, 4) is 11.5 Å². The summed E-state index contributed by atoms with van der Waals surface area (Å²) in [6, 6.07) is 5.94. The van der Waals surface area contributed by atoms with Gasteiger partial charge < -0.3 is 4.43 Å². The maximum absolute atomic E-state index is 6.51. The minimum Gasteiger partial charge on any atom is -0.398 e. The number of rotatable bonds is 3. The highest BCUT2D eigenvalue weighted by Gasteiger charge is 2.39. The number of aromatic nitrogens is 1. The van der Waals surface area contributed by atoms with E-state index in [1.807, 2.05) is 24.4 Å². The predicted octanol–water partition coefficient (Wildman–Crippen LogP) is 5.03. The summed E-state index contributed by atoms with van der Waals surface area (Å²) in [4.78, 5) is 4.46. The number of pyridine rings is 1. The van der Waals surface area contributed by atoms with Gasteiger partial charge in [-0.2, -0.15) is 0 Å². The van der Waals surface area contributed by atoms with Gasteiger partial charge in [0.1, 0.15) is 14.2 Å². The molecule has 1 unspecified atom stereocenters. The van der Waals surface area contributed by atoms with Gasteiger partial charge in [-0.3, -0.25) is 4.98 Å². The van der Waals surface area contributed by atoms with Crippen LogP contribution in [0.15, 0.2) is 24.4 Å². The van der Waals surface area contributed by atoms with Crippen LogP contribution in [0, 0.1) is 11.5 Å². The van der Waals surface area contributed by atoms with Crippen LogP contribution in [-0.2, 0) is 4.43 Å². The van der Waals surface area contributed by atoms with Crippen molar-refractivity contribution in [2.75, 3.05) is 0 Å². The van der Waals surface area contributed by atoms with Gasteiger partial charge in [0.2, 0.25) is 0 Å². The monoisotopic (exact) mass is 319 g/mol. The summed E-state index contributed by atoms with van der Waals surface area (Å²) < 4.78 is 6.51. The third-order valence-corrected chi connectivity index (χ3v) is 9.08. The largest absolute Gasteiger partial charge is 0.398 e. The molecular weight excluding hydrogens is 290 g/mol. The molecule has 0 amide bonds. The molecule has 0 bridgehead atoms. The molecule has 0 radical (unpaired) electrons. The molecular formula is C17H29NOSi2. The van der Waals surface area contributed by atoms with E-state index in [0.29, 0.717) is 0 Å². The second-order valence-corrected chi connectivity index (χ2v) is 17.5. The first-order chi connectivity index (χ1) is 9.42. The van der Waals surface area contributed by atoms with Crippen LogP contribution in [0.5, 0.6) is 0 Å². The summed E-state index contributed by atoms with van der Waals surface area (Å²) >= 11 is 0. The highest BCUT2D eigenvalue weighted by atomic mass is 28.4. The van der Waals surface area contributed by atoms with Crippen molar-refractivity contribution in [2.45, 2.75) is 64.6 Å². The van der Waals surface area contributed by atoms with Crippen molar-refractivity contribution in [1.82, 2.24) is 4.98 Å². The third kappa shape index (κ3) is 5.78. The van der Waals surface area contributed by atoms with Gasteiger partial charge in [0.15, 0.2) is 8.32 Å². The SMILES string of the molecule is CC(C)(C)[Si](C)(C)OC(C#C[Si](C)(C)C)c1ccccn1. The van der Waals surface area contributed by atoms with E-state index < -0.39 is 16.4 Å². The predicted molar refractivity (Wildman–Crippen MR) is 96.4 cm³/mol. The summed E-state index contributed by atoms with van der Waals surface area (Å²) in [5.74, 6) is 3.37. The van der Waals surface area contributed by atoms with E-state index in [2.05, 4.69) is 70.0 Å². The van der Waals surface area contributed by atoms with Crippen LogP contribution in [0.25, 0.3) is 0 Å². The zero-order chi connectivity index (χ0) is 16.3. The summed E-state index contributed by atoms with van der Waals surface area (Å²) in [6.07, 6.45) is 1.60. The highest BCUT2D eigenvalue weighted by molar-refractivity contribution is 6.83. The fraction of sp³-hybridized carbons (Fsp3) is 0.588. The van der Waals surface area contributed by atoms with Gasteiger partial charge in [-0.05, 0) is 30.3 Å². The lowest BCUT2D eigenvalue weighted by molar-refractivity contribution is 0.234. The summed E-state index contributed by atoms with van der Waals surface area (Å²) in [7, 11) is -3.30. The summed E-state index contributed by atoms with van der Waals surface area (Å²) in [5.41, 5.74) is 4.36. The van der Waals surface area contributed by atoms with E-state index in [9.17, 15) is 0 Å². The van der Waals surface area contributed by atoms with Crippen molar-refractivity contribution >= 4 is 16.4 Å². The molecule has 0 fully saturated rings. The molecule has 2 nitrogen and oxygen atoms in total. The van der Waals surface area contributed by atoms with Crippen molar-refractivity contribution in [3.05, 3.63) is 30.1 Å². The fourth-order valence-electron chi connectivity index (χ4n) is 1.45. The Kier molecular flexibility index (Phi) is 5.59. The lowest BCUT2D eigenvalue weighted by Crippen LogP contribution is -2.41.